The highest BCUT2D eigenvalue weighted by Crippen LogP contribution is 2.41. The Morgan fingerprint density at radius 1 is 0.898 bits per heavy atom. The van der Waals surface area contributed by atoms with Crippen LogP contribution in [0.3, 0.4) is 0 Å². The molecule has 0 radical (unpaired) electrons. The molecular weight excluding hydrogens is 764 g/mol. The summed E-state index contributed by atoms with van der Waals surface area (Å²) in [5, 5.41) is 64.0. The van der Waals surface area contributed by atoms with Crippen molar-refractivity contribution < 1.29 is 63.6 Å². The van der Waals surface area contributed by atoms with Crippen LogP contribution in [0.25, 0.3) is 0 Å². The summed E-state index contributed by atoms with van der Waals surface area (Å²) in [4.78, 5) is 22.2. The lowest BCUT2D eigenvalue weighted by molar-refractivity contribution is -0.317. The van der Waals surface area contributed by atoms with Gasteiger partial charge >= 0.3 is 5.97 Å². The molecule has 3 aliphatic heterocycles. The normalized spacial score (nSPS) is 45.2. The van der Waals surface area contributed by atoms with Crippen molar-refractivity contribution in [1.29, 1.82) is 0 Å². The van der Waals surface area contributed by atoms with E-state index in [1.165, 1.54) is 14.0 Å². The lowest BCUT2D eigenvalue weighted by atomic mass is 9.73. The molecule has 0 saturated carbocycles. The fourth-order valence-electron chi connectivity index (χ4n) is 9.35. The highest BCUT2D eigenvalue weighted by molar-refractivity contribution is 5.88. The van der Waals surface area contributed by atoms with Gasteiger partial charge in [0.1, 0.15) is 30.5 Å². The van der Waals surface area contributed by atoms with Gasteiger partial charge in [-0.3, -0.25) is 4.79 Å². The molecule has 4 rings (SSSR count). The monoisotopic (exact) mass is 839 g/mol. The molecule has 3 fully saturated rings. The number of hydrogen-bond acceptors (Lipinski definition) is 15. The van der Waals surface area contributed by atoms with Gasteiger partial charge in [-0.25, -0.2) is 0 Å². The summed E-state index contributed by atoms with van der Waals surface area (Å²) in [5.41, 5.74) is -3.52. The van der Waals surface area contributed by atoms with Gasteiger partial charge in [0.25, 0.3) is 0 Å². The lowest BCUT2D eigenvalue weighted by Gasteiger charge is -2.49. The summed E-state index contributed by atoms with van der Waals surface area (Å²) in [5.74, 6) is -4.04. The van der Waals surface area contributed by atoms with Crippen LogP contribution in [0.2, 0.25) is 0 Å². The minimum absolute atomic E-state index is 0.00211. The summed E-state index contributed by atoms with van der Waals surface area (Å²) in [6.45, 7) is 17.3. The van der Waals surface area contributed by atoms with Crippen molar-refractivity contribution in [2.75, 3.05) is 21.2 Å². The third-order valence-electron chi connectivity index (χ3n) is 13.1. The summed E-state index contributed by atoms with van der Waals surface area (Å²) in [7, 11) is 5.24. The highest BCUT2D eigenvalue weighted by Gasteiger charge is 2.53. The summed E-state index contributed by atoms with van der Waals surface area (Å²) < 4.78 is 37.8. The van der Waals surface area contributed by atoms with Crippen LogP contribution in [-0.2, 0) is 44.7 Å². The zero-order valence-corrected chi connectivity index (χ0v) is 37.5. The molecule has 0 spiro atoms. The van der Waals surface area contributed by atoms with Crippen molar-refractivity contribution in [3.05, 3.63) is 35.9 Å². The third-order valence-corrected chi connectivity index (χ3v) is 13.1. The van der Waals surface area contributed by atoms with E-state index in [0.717, 1.165) is 5.56 Å². The predicted molar refractivity (Wildman–Crippen MR) is 220 cm³/mol. The van der Waals surface area contributed by atoms with Gasteiger partial charge in [-0.05, 0) is 80.5 Å². The molecule has 3 heterocycles. The van der Waals surface area contributed by atoms with Crippen LogP contribution in [0.4, 0.5) is 0 Å². The second-order valence-corrected chi connectivity index (χ2v) is 18.3. The number of esters is 1. The Hall–Kier alpha value is -2.28. The van der Waals surface area contributed by atoms with E-state index in [0.29, 0.717) is 12.1 Å². The topological polar surface area (TPSA) is 198 Å². The number of aliphatic hydroxyl groups excluding tert-OH is 3. The summed E-state index contributed by atoms with van der Waals surface area (Å²) >= 11 is 0. The fraction of sp³-hybridized carbons (Fsp3) is 0.818. The number of nitrogens with zero attached hydrogens (tertiary/aromatic N) is 2. The number of benzene rings is 1. The van der Waals surface area contributed by atoms with E-state index < -0.39 is 102 Å². The van der Waals surface area contributed by atoms with Gasteiger partial charge in [-0.15, -0.1) is 0 Å². The molecule has 1 aromatic carbocycles. The van der Waals surface area contributed by atoms with Crippen LogP contribution in [0.5, 0.6) is 0 Å². The van der Waals surface area contributed by atoms with Crippen LogP contribution in [-0.4, -0.2) is 148 Å². The first kappa shape index (κ1) is 49.4. The van der Waals surface area contributed by atoms with E-state index >= 15 is 0 Å². The van der Waals surface area contributed by atoms with Gasteiger partial charge in [-0.1, -0.05) is 63.2 Å². The van der Waals surface area contributed by atoms with Gasteiger partial charge in [-0.2, -0.15) is 0 Å². The fourth-order valence-corrected chi connectivity index (χ4v) is 9.35. The van der Waals surface area contributed by atoms with Gasteiger partial charge in [0, 0.05) is 37.3 Å². The first-order valence-corrected chi connectivity index (χ1v) is 21.2. The van der Waals surface area contributed by atoms with Gasteiger partial charge in [0.15, 0.2) is 12.6 Å². The zero-order valence-electron chi connectivity index (χ0n) is 37.5. The Balaban J connectivity index is 1.87. The minimum Gasteiger partial charge on any atom is -0.459 e. The van der Waals surface area contributed by atoms with E-state index in [1.807, 2.05) is 63.2 Å². The maximum Gasteiger partial charge on any atom is 0.311 e. The van der Waals surface area contributed by atoms with Gasteiger partial charge in [0.05, 0.1) is 53.4 Å². The first-order valence-electron chi connectivity index (χ1n) is 21.2. The standard InChI is InChI=1S/C44H74N2O13/c1-14-32-44(10,52)37(48)26(4)34(45-54-23-30-18-16-15-17-19-30)24(2)21-42(8,51)39(59-41-35(47)31(46(11)12)20-25(3)55-41)27(5)36(28(6)40(50)57-32)58-33-22-43(9,53-13)38(49)29(7)56-33/h15-19,24-29,31-33,35-39,41,47-49,51-52H,14,20-23H2,1-13H3/b45-34+/t24-,25-,26+,27+,28-,29+,31+,32-,33+,35-,36+,37-,38+,39-,41+,42-,43-,44-/m1/s1. The molecule has 18 atom stereocenters. The number of carbonyl (C=O) groups excluding carboxylic acids is 1. The largest absolute Gasteiger partial charge is 0.459 e. The second kappa shape index (κ2) is 20.3. The highest BCUT2D eigenvalue weighted by atomic mass is 16.7. The Bertz CT molecular complexity index is 1510. The number of likely N-dealkylation sites (N-methyl/N-ethyl adjacent to an activating group) is 1. The number of aliphatic hydroxyl groups is 5. The molecule has 15 heteroatoms. The average molecular weight is 839 g/mol. The quantitative estimate of drug-likeness (QED) is 0.169. The Labute approximate surface area is 351 Å². The van der Waals surface area contributed by atoms with Crippen molar-refractivity contribution in [3.63, 3.8) is 0 Å². The number of oxime groups is 1. The van der Waals surface area contributed by atoms with E-state index in [1.54, 1.807) is 48.5 Å². The van der Waals surface area contributed by atoms with Gasteiger partial charge < -0.3 is 63.7 Å². The number of carbonyl (C=O) groups is 1. The summed E-state index contributed by atoms with van der Waals surface area (Å²) in [6, 6.07) is 9.14. The van der Waals surface area contributed by atoms with Crippen LogP contribution >= 0.6 is 0 Å². The maximum atomic E-state index is 14.4. The molecule has 3 aliphatic rings. The molecule has 0 amide bonds. The minimum atomic E-state index is -1.95. The maximum absolute atomic E-state index is 14.4. The van der Waals surface area contributed by atoms with Crippen LogP contribution in [0.1, 0.15) is 100 Å². The number of hydrogen-bond donors (Lipinski definition) is 5. The van der Waals surface area contributed by atoms with Crippen molar-refractivity contribution in [1.82, 2.24) is 4.90 Å². The third kappa shape index (κ3) is 11.4. The molecular formula is C44H74N2O13. The average Bonchev–Trinajstić information content (AvgIpc) is 3.18. The van der Waals surface area contributed by atoms with Crippen molar-refractivity contribution in [2.24, 2.45) is 28.8 Å². The molecule has 0 bridgehead atoms. The first-order chi connectivity index (χ1) is 27.5. The number of rotatable bonds is 10. The van der Waals surface area contributed by atoms with Crippen molar-refractivity contribution >= 4 is 11.7 Å². The smallest absolute Gasteiger partial charge is 0.311 e. The van der Waals surface area contributed by atoms with E-state index in [-0.39, 0.29) is 38.0 Å². The molecule has 1 aromatic rings. The summed E-state index contributed by atoms with van der Waals surface area (Å²) in [6.07, 6.45) is -9.32. The molecule has 5 N–H and O–H groups in total. The number of cyclic esters (lactones) is 1. The Morgan fingerprint density at radius 2 is 1.54 bits per heavy atom. The lowest BCUT2D eigenvalue weighted by Crippen LogP contribution is -2.61. The number of ether oxygens (including phenoxy) is 6. The van der Waals surface area contributed by atoms with Crippen molar-refractivity contribution in [3.8, 4) is 0 Å². The molecule has 15 nitrogen and oxygen atoms in total. The SMILES string of the molecule is CC[C@H]1OC(=O)[C@H](C)[C@@H](O[C@H]2C[C@@](C)(OC)[C@@H](O)[C@H](C)O2)[C@H](C)[C@@H](O[C@@H]2O[C@H](C)C[C@H](N(C)C)[C@H]2O)[C@](C)(O)C[C@@H](C)/C(=N\OCc2ccccc2)[C@H](C)[C@@H](O)[C@]1(C)O. The second-order valence-electron chi connectivity index (χ2n) is 18.3. The molecule has 59 heavy (non-hydrogen) atoms. The predicted octanol–water partition coefficient (Wildman–Crippen LogP) is 3.79. The molecule has 0 aliphatic carbocycles. The number of methoxy groups -OCH3 is 1. The van der Waals surface area contributed by atoms with Crippen LogP contribution in [0.15, 0.2) is 35.5 Å². The zero-order chi connectivity index (χ0) is 44.2. The van der Waals surface area contributed by atoms with Crippen LogP contribution < -0.4 is 0 Å². The molecule has 3 saturated heterocycles. The molecule has 0 unspecified atom stereocenters. The molecule has 0 aromatic heterocycles. The molecule has 338 valence electrons. The van der Waals surface area contributed by atoms with Gasteiger partial charge in [0.2, 0.25) is 0 Å². The Morgan fingerprint density at radius 3 is 2.14 bits per heavy atom. The van der Waals surface area contributed by atoms with Crippen LogP contribution in [0, 0.1) is 23.7 Å². The van der Waals surface area contributed by atoms with E-state index in [4.69, 9.17) is 33.3 Å². The van der Waals surface area contributed by atoms with E-state index in [2.05, 4.69) is 5.16 Å². The Kier molecular flexibility index (Phi) is 17.0. The van der Waals surface area contributed by atoms with E-state index in [9.17, 15) is 30.3 Å². The van der Waals surface area contributed by atoms with Crippen molar-refractivity contribution in [2.45, 2.75) is 186 Å².